The molecule has 7 heteroatoms. The summed E-state index contributed by atoms with van der Waals surface area (Å²) in [6.07, 6.45) is 0. The largest absolute Gasteiger partial charge is 0.379 e. The topological polar surface area (TPSA) is 66.7 Å². The van der Waals surface area contributed by atoms with Gasteiger partial charge in [-0.25, -0.2) is 9.67 Å². The monoisotopic (exact) mass is 398 g/mol. The Hall–Kier alpha value is -2.38. The Kier molecular flexibility index (Phi) is 7.66. The predicted octanol–water partition coefficient (Wildman–Crippen LogP) is 2.26. The van der Waals surface area contributed by atoms with Gasteiger partial charge < -0.3 is 15.4 Å². The first-order chi connectivity index (χ1) is 14.1. The second kappa shape index (κ2) is 10.4. The van der Waals surface area contributed by atoms with Crippen LogP contribution >= 0.6 is 0 Å². The fourth-order valence-corrected chi connectivity index (χ4v) is 3.62. The van der Waals surface area contributed by atoms with E-state index in [1.165, 1.54) is 0 Å². The minimum absolute atomic E-state index is 0.435. The summed E-state index contributed by atoms with van der Waals surface area (Å²) < 4.78 is 7.45. The normalized spacial score (nSPS) is 16.6. The summed E-state index contributed by atoms with van der Waals surface area (Å²) in [5, 5.41) is 11.5. The van der Waals surface area contributed by atoms with E-state index in [2.05, 4.69) is 65.7 Å². The molecule has 158 valence electrons. The molecule has 0 bridgehead atoms. The zero-order chi connectivity index (χ0) is 20.6. The SMILES string of the molecule is CCNC(=NCc1ccccc1-n1nc(C)cc1C)NCC(C)N1CCOCC1. The number of rotatable bonds is 7. The van der Waals surface area contributed by atoms with Crippen molar-refractivity contribution in [3.8, 4) is 5.69 Å². The van der Waals surface area contributed by atoms with Crippen molar-refractivity contribution < 1.29 is 4.74 Å². The van der Waals surface area contributed by atoms with Crippen LogP contribution in [-0.4, -0.2) is 66.1 Å². The van der Waals surface area contributed by atoms with Crippen LogP contribution in [0.2, 0.25) is 0 Å². The highest BCUT2D eigenvalue weighted by atomic mass is 16.5. The number of hydrogen-bond donors (Lipinski definition) is 2. The summed E-state index contributed by atoms with van der Waals surface area (Å²) in [5.41, 5.74) is 4.38. The van der Waals surface area contributed by atoms with Gasteiger partial charge in [-0.15, -0.1) is 0 Å². The number of ether oxygens (including phenoxy) is 1. The number of nitrogens with one attached hydrogen (secondary N) is 2. The molecule has 1 fully saturated rings. The number of aromatic nitrogens is 2. The van der Waals surface area contributed by atoms with E-state index in [0.717, 1.165) is 68.0 Å². The third kappa shape index (κ3) is 5.81. The van der Waals surface area contributed by atoms with Gasteiger partial charge in [0.15, 0.2) is 5.96 Å². The lowest BCUT2D eigenvalue weighted by Crippen LogP contribution is -2.49. The van der Waals surface area contributed by atoms with E-state index in [9.17, 15) is 0 Å². The van der Waals surface area contributed by atoms with E-state index < -0.39 is 0 Å². The van der Waals surface area contributed by atoms with Gasteiger partial charge in [-0.3, -0.25) is 4.90 Å². The molecule has 0 saturated carbocycles. The first kappa shape index (κ1) is 21.3. The molecular weight excluding hydrogens is 364 g/mol. The van der Waals surface area contributed by atoms with E-state index in [1.54, 1.807) is 0 Å². The van der Waals surface area contributed by atoms with Crippen molar-refractivity contribution in [3.63, 3.8) is 0 Å². The molecule has 1 aromatic heterocycles. The van der Waals surface area contributed by atoms with Crippen molar-refractivity contribution in [2.45, 2.75) is 40.3 Å². The van der Waals surface area contributed by atoms with Crippen LogP contribution in [0.5, 0.6) is 0 Å². The molecule has 3 rings (SSSR count). The number of aryl methyl sites for hydroxylation is 2. The van der Waals surface area contributed by atoms with Crippen LogP contribution in [0, 0.1) is 13.8 Å². The maximum atomic E-state index is 5.45. The van der Waals surface area contributed by atoms with Gasteiger partial charge in [-0.2, -0.15) is 5.10 Å². The van der Waals surface area contributed by atoms with Gasteiger partial charge in [0.1, 0.15) is 0 Å². The smallest absolute Gasteiger partial charge is 0.191 e. The summed E-state index contributed by atoms with van der Waals surface area (Å²) in [5.74, 6) is 0.843. The van der Waals surface area contributed by atoms with Gasteiger partial charge in [-0.1, -0.05) is 18.2 Å². The Morgan fingerprint density at radius 3 is 2.66 bits per heavy atom. The third-order valence-corrected chi connectivity index (χ3v) is 5.22. The lowest BCUT2D eigenvalue weighted by atomic mass is 10.2. The molecule has 1 aromatic carbocycles. The maximum absolute atomic E-state index is 5.45. The van der Waals surface area contributed by atoms with Crippen LogP contribution in [0.1, 0.15) is 30.8 Å². The number of benzene rings is 1. The molecule has 1 aliphatic rings. The summed E-state index contributed by atoms with van der Waals surface area (Å²) in [7, 11) is 0. The Morgan fingerprint density at radius 1 is 1.21 bits per heavy atom. The molecule has 1 aliphatic heterocycles. The minimum atomic E-state index is 0.435. The average molecular weight is 399 g/mol. The third-order valence-electron chi connectivity index (χ3n) is 5.22. The second-order valence-electron chi connectivity index (χ2n) is 7.54. The van der Waals surface area contributed by atoms with Crippen LogP contribution in [-0.2, 0) is 11.3 Å². The predicted molar refractivity (Wildman–Crippen MR) is 118 cm³/mol. The van der Waals surface area contributed by atoms with E-state index in [4.69, 9.17) is 9.73 Å². The number of para-hydroxylation sites is 1. The average Bonchev–Trinajstić information content (AvgIpc) is 3.08. The molecule has 0 spiro atoms. The second-order valence-corrected chi connectivity index (χ2v) is 7.54. The molecule has 2 N–H and O–H groups in total. The molecule has 7 nitrogen and oxygen atoms in total. The van der Waals surface area contributed by atoms with Gasteiger partial charge in [0.25, 0.3) is 0 Å². The Balaban J connectivity index is 1.68. The number of morpholine rings is 1. The van der Waals surface area contributed by atoms with E-state index in [0.29, 0.717) is 12.6 Å². The molecule has 1 unspecified atom stereocenters. The van der Waals surface area contributed by atoms with Crippen LogP contribution in [0.25, 0.3) is 5.69 Å². The van der Waals surface area contributed by atoms with Gasteiger partial charge in [0, 0.05) is 37.9 Å². The summed E-state index contributed by atoms with van der Waals surface area (Å²) in [4.78, 5) is 7.29. The molecule has 2 aromatic rings. The van der Waals surface area contributed by atoms with E-state index >= 15 is 0 Å². The Morgan fingerprint density at radius 2 is 1.97 bits per heavy atom. The van der Waals surface area contributed by atoms with Crippen LogP contribution < -0.4 is 10.6 Å². The summed E-state index contributed by atoms with van der Waals surface area (Å²) >= 11 is 0. The van der Waals surface area contributed by atoms with Gasteiger partial charge >= 0.3 is 0 Å². The standard InChI is InChI=1S/C22H34N6O/c1-5-23-22(24-15-19(4)27-10-12-29-13-11-27)25-16-20-8-6-7-9-21(20)28-18(3)14-17(2)26-28/h6-9,14,19H,5,10-13,15-16H2,1-4H3,(H2,23,24,25). The summed E-state index contributed by atoms with van der Waals surface area (Å²) in [6, 6.07) is 10.9. The molecule has 1 saturated heterocycles. The minimum Gasteiger partial charge on any atom is -0.379 e. The first-order valence-corrected chi connectivity index (χ1v) is 10.5. The lowest BCUT2D eigenvalue weighted by molar-refractivity contribution is 0.0211. The van der Waals surface area contributed by atoms with E-state index in [-0.39, 0.29) is 0 Å². The Labute approximate surface area is 174 Å². The number of aliphatic imine (C=N–C) groups is 1. The van der Waals surface area contributed by atoms with Crippen molar-refractivity contribution in [3.05, 3.63) is 47.3 Å². The van der Waals surface area contributed by atoms with Crippen molar-refractivity contribution in [1.29, 1.82) is 0 Å². The van der Waals surface area contributed by atoms with Crippen molar-refractivity contribution in [1.82, 2.24) is 25.3 Å². The quantitative estimate of drug-likeness (QED) is 0.553. The fourth-order valence-electron chi connectivity index (χ4n) is 3.62. The van der Waals surface area contributed by atoms with Gasteiger partial charge in [0.2, 0.25) is 0 Å². The van der Waals surface area contributed by atoms with Crippen molar-refractivity contribution in [2.75, 3.05) is 39.4 Å². The molecular formula is C22H34N6O. The summed E-state index contributed by atoms with van der Waals surface area (Å²) in [6.45, 7) is 14.3. The zero-order valence-corrected chi connectivity index (χ0v) is 18.1. The number of nitrogens with zero attached hydrogens (tertiary/aromatic N) is 4. The number of guanidine groups is 1. The molecule has 0 aliphatic carbocycles. The van der Waals surface area contributed by atoms with Gasteiger partial charge in [-0.05, 0) is 45.4 Å². The van der Waals surface area contributed by atoms with Gasteiger partial charge in [0.05, 0.1) is 31.1 Å². The van der Waals surface area contributed by atoms with Crippen molar-refractivity contribution in [2.24, 2.45) is 4.99 Å². The molecule has 29 heavy (non-hydrogen) atoms. The highest BCUT2D eigenvalue weighted by Gasteiger charge is 2.17. The van der Waals surface area contributed by atoms with Crippen LogP contribution in [0.15, 0.2) is 35.3 Å². The highest BCUT2D eigenvalue weighted by molar-refractivity contribution is 5.79. The molecule has 1 atom stereocenters. The van der Waals surface area contributed by atoms with Crippen LogP contribution in [0.4, 0.5) is 0 Å². The first-order valence-electron chi connectivity index (χ1n) is 10.5. The van der Waals surface area contributed by atoms with Crippen LogP contribution in [0.3, 0.4) is 0 Å². The molecule has 2 heterocycles. The maximum Gasteiger partial charge on any atom is 0.191 e. The van der Waals surface area contributed by atoms with E-state index in [1.807, 2.05) is 17.7 Å². The number of hydrogen-bond acceptors (Lipinski definition) is 4. The highest BCUT2D eigenvalue weighted by Crippen LogP contribution is 2.17. The fraction of sp³-hybridized carbons (Fsp3) is 0.545. The molecule has 0 radical (unpaired) electrons. The lowest BCUT2D eigenvalue weighted by Gasteiger charge is -2.32. The van der Waals surface area contributed by atoms with Crippen molar-refractivity contribution >= 4 is 5.96 Å². The molecule has 0 amide bonds. The zero-order valence-electron chi connectivity index (χ0n) is 18.1. The Bertz CT molecular complexity index is 809.